The highest BCUT2D eigenvalue weighted by Gasteiger charge is 2.53. The van der Waals surface area contributed by atoms with Gasteiger partial charge >= 0.3 is 0 Å². The summed E-state index contributed by atoms with van der Waals surface area (Å²) in [5.74, 6) is 2.72. The molecule has 0 amide bonds. The average molecular weight is 209 g/mol. The number of hydrogen-bond donors (Lipinski definition) is 1. The van der Waals surface area contributed by atoms with Gasteiger partial charge in [-0.3, -0.25) is 0 Å². The lowest BCUT2D eigenvalue weighted by molar-refractivity contribution is 0.152. The Morgan fingerprint density at radius 3 is 2.60 bits per heavy atom. The van der Waals surface area contributed by atoms with Gasteiger partial charge in [0, 0.05) is 6.04 Å². The molecular weight excluding hydrogens is 182 g/mol. The first-order valence-electron chi connectivity index (χ1n) is 6.84. The van der Waals surface area contributed by atoms with Gasteiger partial charge in [-0.2, -0.15) is 0 Å². The van der Waals surface area contributed by atoms with Crippen molar-refractivity contribution in [2.45, 2.75) is 65.3 Å². The minimum Gasteiger partial charge on any atom is -0.327 e. The molecule has 0 aromatic carbocycles. The van der Waals surface area contributed by atoms with Crippen molar-refractivity contribution in [1.29, 1.82) is 0 Å². The summed E-state index contributed by atoms with van der Waals surface area (Å²) in [7, 11) is 0. The second-order valence-electron chi connectivity index (χ2n) is 6.36. The summed E-state index contributed by atoms with van der Waals surface area (Å²) in [6.07, 6.45) is 8.36. The number of hydrogen-bond acceptors (Lipinski definition) is 1. The molecule has 2 aliphatic rings. The Morgan fingerprint density at radius 1 is 1.40 bits per heavy atom. The van der Waals surface area contributed by atoms with Crippen LogP contribution in [0, 0.1) is 23.2 Å². The molecule has 15 heavy (non-hydrogen) atoms. The van der Waals surface area contributed by atoms with Crippen LogP contribution in [-0.4, -0.2) is 6.04 Å². The van der Waals surface area contributed by atoms with Crippen molar-refractivity contribution in [3.63, 3.8) is 0 Å². The molecule has 0 aliphatic heterocycles. The van der Waals surface area contributed by atoms with Gasteiger partial charge in [0.15, 0.2) is 0 Å². The van der Waals surface area contributed by atoms with Crippen molar-refractivity contribution >= 4 is 0 Å². The zero-order chi connectivity index (χ0) is 11.1. The zero-order valence-electron chi connectivity index (χ0n) is 10.6. The standard InChI is InChI=1S/C14H27N/c1-4-5-7-14(3)8-6-10(2)13(14)11-9-12(11)15/h10-13H,4-9,15H2,1-3H3/t10-,11?,12?,13?,14?/m1/s1. The van der Waals surface area contributed by atoms with E-state index in [2.05, 4.69) is 20.8 Å². The normalized spacial score (nSPS) is 49.6. The molecule has 2 fully saturated rings. The fourth-order valence-electron chi connectivity index (χ4n) is 4.05. The first-order chi connectivity index (χ1) is 7.08. The Balaban J connectivity index is 2.02. The van der Waals surface area contributed by atoms with Crippen molar-refractivity contribution in [2.24, 2.45) is 28.9 Å². The quantitative estimate of drug-likeness (QED) is 0.752. The van der Waals surface area contributed by atoms with E-state index in [1.54, 1.807) is 0 Å². The van der Waals surface area contributed by atoms with Gasteiger partial charge in [0.1, 0.15) is 0 Å². The van der Waals surface area contributed by atoms with E-state index in [9.17, 15) is 0 Å². The minimum absolute atomic E-state index is 0.538. The third-order valence-corrected chi connectivity index (χ3v) is 5.04. The molecule has 0 saturated heterocycles. The monoisotopic (exact) mass is 209 g/mol. The van der Waals surface area contributed by atoms with E-state index in [4.69, 9.17) is 5.73 Å². The molecule has 1 heteroatoms. The smallest absolute Gasteiger partial charge is 0.00740 e. The fraction of sp³-hybridized carbons (Fsp3) is 1.00. The van der Waals surface area contributed by atoms with Crippen molar-refractivity contribution in [3.8, 4) is 0 Å². The van der Waals surface area contributed by atoms with Gasteiger partial charge in [-0.05, 0) is 48.9 Å². The molecule has 0 aromatic heterocycles. The van der Waals surface area contributed by atoms with Gasteiger partial charge < -0.3 is 5.73 Å². The minimum atomic E-state index is 0.538. The van der Waals surface area contributed by atoms with Crippen LogP contribution in [0.4, 0.5) is 0 Å². The van der Waals surface area contributed by atoms with Crippen LogP contribution < -0.4 is 5.73 Å². The highest BCUT2D eigenvalue weighted by molar-refractivity contribution is 5.05. The van der Waals surface area contributed by atoms with E-state index >= 15 is 0 Å². The summed E-state index contributed by atoms with van der Waals surface area (Å²) in [5.41, 5.74) is 6.68. The lowest BCUT2D eigenvalue weighted by atomic mass is 9.71. The Bertz CT molecular complexity index is 225. The fourth-order valence-corrected chi connectivity index (χ4v) is 4.05. The van der Waals surface area contributed by atoms with Crippen LogP contribution in [0.25, 0.3) is 0 Å². The second kappa shape index (κ2) is 4.08. The van der Waals surface area contributed by atoms with Gasteiger partial charge in [-0.15, -0.1) is 0 Å². The first kappa shape index (κ1) is 11.4. The number of unbranched alkanes of at least 4 members (excludes halogenated alkanes) is 1. The van der Waals surface area contributed by atoms with Crippen molar-refractivity contribution in [1.82, 2.24) is 0 Å². The SMILES string of the molecule is CCCCC1(C)CC[C@@H](C)C1C1CC1N. The molecule has 2 aliphatic carbocycles. The van der Waals surface area contributed by atoms with Crippen molar-refractivity contribution < 1.29 is 0 Å². The third kappa shape index (κ3) is 2.08. The van der Waals surface area contributed by atoms with E-state index in [1.807, 2.05) is 0 Å². The molecule has 2 rings (SSSR count). The molecule has 0 aromatic rings. The predicted octanol–water partition coefficient (Wildman–Crippen LogP) is 3.58. The summed E-state index contributed by atoms with van der Waals surface area (Å²) >= 11 is 0. The van der Waals surface area contributed by atoms with Crippen LogP contribution in [0.3, 0.4) is 0 Å². The third-order valence-electron chi connectivity index (χ3n) is 5.04. The lowest BCUT2D eigenvalue weighted by Crippen LogP contribution is -2.28. The molecule has 4 unspecified atom stereocenters. The summed E-state index contributed by atoms with van der Waals surface area (Å²) in [4.78, 5) is 0. The van der Waals surface area contributed by atoms with Gasteiger partial charge in [0.25, 0.3) is 0 Å². The van der Waals surface area contributed by atoms with Gasteiger partial charge in [-0.1, -0.05) is 33.6 Å². The summed E-state index contributed by atoms with van der Waals surface area (Å²) in [6, 6.07) is 0.538. The van der Waals surface area contributed by atoms with E-state index < -0.39 is 0 Å². The Labute approximate surface area is 94.8 Å². The lowest BCUT2D eigenvalue weighted by Gasteiger charge is -2.34. The first-order valence-corrected chi connectivity index (χ1v) is 6.84. The van der Waals surface area contributed by atoms with Crippen LogP contribution in [0.15, 0.2) is 0 Å². The van der Waals surface area contributed by atoms with E-state index in [0.29, 0.717) is 11.5 Å². The Kier molecular flexibility index (Phi) is 3.12. The highest BCUT2D eigenvalue weighted by atomic mass is 14.8. The van der Waals surface area contributed by atoms with Crippen LogP contribution >= 0.6 is 0 Å². The number of rotatable bonds is 4. The molecule has 88 valence electrons. The largest absolute Gasteiger partial charge is 0.327 e. The van der Waals surface area contributed by atoms with Gasteiger partial charge in [0.2, 0.25) is 0 Å². The average Bonchev–Trinajstić information content (AvgIpc) is 2.81. The molecule has 2 saturated carbocycles. The van der Waals surface area contributed by atoms with Gasteiger partial charge in [0.05, 0.1) is 0 Å². The molecule has 5 atom stereocenters. The molecule has 1 nitrogen and oxygen atoms in total. The van der Waals surface area contributed by atoms with Crippen LogP contribution in [0.2, 0.25) is 0 Å². The summed E-state index contributed by atoms with van der Waals surface area (Å²) in [6.45, 7) is 7.29. The zero-order valence-corrected chi connectivity index (χ0v) is 10.6. The van der Waals surface area contributed by atoms with Gasteiger partial charge in [-0.25, -0.2) is 0 Å². The number of nitrogens with two attached hydrogens (primary N) is 1. The van der Waals surface area contributed by atoms with Crippen LogP contribution in [0.5, 0.6) is 0 Å². The van der Waals surface area contributed by atoms with E-state index in [1.165, 1.54) is 38.5 Å². The maximum Gasteiger partial charge on any atom is 0.00740 e. The Hall–Kier alpha value is -0.0400. The molecule has 0 spiro atoms. The highest BCUT2D eigenvalue weighted by Crippen LogP contribution is 2.58. The van der Waals surface area contributed by atoms with Crippen LogP contribution in [-0.2, 0) is 0 Å². The predicted molar refractivity (Wildman–Crippen MR) is 65.6 cm³/mol. The topological polar surface area (TPSA) is 26.0 Å². The summed E-state index contributed by atoms with van der Waals surface area (Å²) in [5, 5.41) is 0. The molecule has 0 bridgehead atoms. The van der Waals surface area contributed by atoms with E-state index in [0.717, 1.165) is 17.8 Å². The van der Waals surface area contributed by atoms with Crippen molar-refractivity contribution in [2.75, 3.05) is 0 Å². The maximum atomic E-state index is 6.06. The molecule has 2 N–H and O–H groups in total. The maximum absolute atomic E-state index is 6.06. The van der Waals surface area contributed by atoms with Crippen LogP contribution in [0.1, 0.15) is 59.3 Å². The van der Waals surface area contributed by atoms with Crippen molar-refractivity contribution in [3.05, 3.63) is 0 Å². The summed E-state index contributed by atoms with van der Waals surface area (Å²) < 4.78 is 0. The van der Waals surface area contributed by atoms with E-state index in [-0.39, 0.29) is 0 Å². The second-order valence-corrected chi connectivity index (χ2v) is 6.36. The molecule has 0 heterocycles. The molecule has 0 radical (unpaired) electrons. The molecular formula is C14H27N. The Morgan fingerprint density at radius 2 is 2.07 bits per heavy atom.